The third kappa shape index (κ3) is 3.60. The van der Waals surface area contributed by atoms with Gasteiger partial charge in [0.05, 0.1) is 12.7 Å². The molecule has 94 valence electrons. The van der Waals surface area contributed by atoms with Gasteiger partial charge in [0.25, 0.3) is 5.24 Å². The second kappa shape index (κ2) is 5.25. The molecule has 0 saturated heterocycles. The number of carbonyl (C=O) groups excluding carboxylic acids is 1. The van der Waals surface area contributed by atoms with Crippen molar-refractivity contribution in [1.29, 1.82) is 0 Å². The highest BCUT2D eigenvalue weighted by Gasteiger charge is 2.35. The second-order valence-corrected chi connectivity index (χ2v) is 4.01. The van der Waals surface area contributed by atoms with Crippen LogP contribution in [0.5, 0.6) is 11.5 Å². The van der Waals surface area contributed by atoms with Gasteiger partial charge >= 0.3 is 6.36 Å². The Morgan fingerprint density at radius 1 is 1.47 bits per heavy atom. The molecule has 0 atom stereocenters. The lowest BCUT2D eigenvalue weighted by Crippen LogP contribution is -2.19. The summed E-state index contributed by atoms with van der Waals surface area (Å²) in [6.45, 7) is 0. The fourth-order valence-corrected chi connectivity index (χ4v) is 1.63. The van der Waals surface area contributed by atoms with E-state index in [1.165, 1.54) is 22.6 Å². The lowest BCUT2D eigenvalue weighted by atomic mass is 10.2. The van der Waals surface area contributed by atoms with E-state index < -0.39 is 23.1 Å². The Bertz CT molecular complexity index is 452. The minimum absolute atomic E-state index is 0.0987. The maximum atomic E-state index is 12.1. The Hall–Kier alpha value is -0.770. The van der Waals surface area contributed by atoms with Crippen LogP contribution < -0.4 is 9.47 Å². The van der Waals surface area contributed by atoms with Gasteiger partial charge in [-0.2, -0.15) is 0 Å². The van der Waals surface area contributed by atoms with Gasteiger partial charge in [-0.3, -0.25) is 4.79 Å². The molecule has 0 spiro atoms. The highest BCUT2D eigenvalue weighted by molar-refractivity contribution is 14.1. The van der Waals surface area contributed by atoms with E-state index in [-0.39, 0.29) is 9.26 Å². The van der Waals surface area contributed by atoms with Crippen LogP contribution in [0.3, 0.4) is 0 Å². The summed E-state index contributed by atoms with van der Waals surface area (Å²) < 4.78 is 44.8. The summed E-state index contributed by atoms with van der Waals surface area (Å²) in [4.78, 5) is 14.5. The molecule has 0 amide bonds. The molecular weight excluding hydrogens is 377 g/mol. The molecule has 0 aliphatic rings. The average molecular weight is 381 g/mol. The van der Waals surface area contributed by atoms with Crippen molar-refractivity contribution in [2.45, 2.75) is 6.36 Å². The minimum atomic E-state index is -4.91. The number of alkyl halides is 3. The molecule has 4 nitrogen and oxygen atoms in total. The average Bonchev–Trinajstić information content (AvgIpc) is 2.18. The molecule has 0 fully saturated rings. The number of methoxy groups -OCH3 is 1. The van der Waals surface area contributed by atoms with E-state index in [4.69, 9.17) is 11.6 Å². The second-order valence-electron chi connectivity index (χ2n) is 2.65. The van der Waals surface area contributed by atoms with Gasteiger partial charge in [-0.25, -0.2) is 4.98 Å². The lowest BCUT2D eigenvalue weighted by Gasteiger charge is -2.14. The van der Waals surface area contributed by atoms with E-state index in [9.17, 15) is 18.0 Å². The third-order valence-electron chi connectivity index (χ3n) is 1.58. The Balaban J connectivity index is 3.35. The first kappa shape index (κ1) is 14.3. The maximum absolute atomic E-state index is 12.1. The summed E-state index contributed by atoms with van der Waals surface area (Å²) in [5.41, 5.74) is -0.297. The normalized spacial score (nSPS) is 11.2. The van der Waals surface area contributed by atoms with E-state index in [0.29, 0.717) is 0 Å². The first-order chi connectivity index (χ1) is 7.76. The van der Waals surface area contributed by atoms with Gasteiger partial charge in [-0.15, -0.1) is 13.2 Å². The Morgan fingerprint density at radius 2 is 2.06 bits per heavy atom. The van der Waals surface area contributed by atoms with Crippen molar-refractivity contribution in [3.8, 4) is 11.5 Å². The van der Waals surface area contributed by atoms with Gasteiger partial charge in [-0.05, 0) is 34.2 Å². The number of hydrogen-bond acceptors (Lipinski definition) is 4. The van der Waals surface area contributed by atoms with Crippen LogP contribution >= 0.6 is 34.2 Å². The highest BCUT2D eigenvalue weighted by atomic mass is 127. The van der Waals surface area contributed by atoms with Crippen LogP contribution in [0.25, 0.3) is 0 Å². The molecule has 0 unspecified atom stereocenters. The van der Waals surface area contributed by atoms with Crippen molar-refractivity contribution in [2.24, 2.45) is 0 Å². The first-order valence-corrected chi connectivity index (χ1v) is 5.40. The number of halogens is 5. The topological polar surface area (TPSA) is 48.4 Å². The van der Waals surface area contributed by atoms with Crippen LogP contribution in [-0.4, -0.2) is 23.7 Å². The fraction of sp³-hybridized carbons (Fsp3) is 0.250. The predicted octanol–water partition coefficient (Wildman–Crippen LogP) is 2.97. The summed E-state index contributed by atoms with van der Waals surface area (Å²) in [5.74, 6) is -1.09. The van der Waals surface area contributed by atoms with E-state index in [1.807, 2.05) is 0 Å². The third-order valence-corrected chi connectivity index (χ3v) is 2.55. The highest BCUT2D eigenvalue weighted by Crippen LogP contribution is 2.38. The number of rotatable bonds is 3. The molecule has 9 heteroatoms. The van der Waals surface area contributed by atoms with Crippen LogP contribution in [0.2, 0.25) is 0 Å². The van der Waals surface area contributed by atoms with E-state index in [1.54, 1.807) is 0 Å². The van der Waals surface area contributed by atoms with E-state index in [0.717, 1.165) is 13.3 Å². The van der Waals surface area contributed by atoms with Gasteiger partial charge in [0.15, 0.2) is 5.75 Å². The number of carbonyl (C=O) groups is 1. The molecule has 17 heavy (non-hydrogen) atoms. The predicted molar refractivity (Wildman–Crippen MR) is 60.4 cm³/mol. The summed E-state index contributed by atoms with van der Waals surface area (Å²) in [5, 5.41) is -0.988. The van der Waals surface area contributed by atoms with Gasteiger partial charge in [0.1, 0.15) is 3.70 Å². The number of nitrogens with zero attached hydrogens (tertiary/aromatic N) is 1. The maximum Gasteiger partial charge on any atom is 0.573 e. The Morgan fingerprint density at radius 3 is 2.47 bits per heavy atom. The van der Waals surface area contributed by atoms with Crippen LogP contribution in [0.15, 0.2) is 6.20 Å². The SMILES string of the molecule is COc1c(C(=O)Cl)cnc(I)c1OC(F)(F)F. The van der Waals surface area contributed by atoms with Crippen molar-refractivity contribution in [3.05, 3.63) is 15.5 Å². The smallest absolute Gasteiger partial charge is 0.492 e. The molecule has 1 aromatic rings. The largest absolute Gasteiger partial charge is 0.573 e. The molecular formula is C8H4ClF3INO3. The number of ether oxygens (including phenoxy) is 2. The van der Waals surface area contributed by atoms with Gasteiger partial charge in [-0.1, -0.05) is 0 Å². The van der Waals surface area contributed by atoms with Crippen LogP contribution in [0.1, 0.15) is 10.4 Å². The Labute approximate surface area is 112 Å². The summed E-state index contributed by atoms with van der Waals surface area (Å²) >= 11 is 6.70. The minimum Gasteiger partial charge on any atom is -0.492 e. The summed E-state index contributed by atoms with van der Waals surface area (Å²) in [6.07, 6.45) is -3.90. The first-order valence-electron chi connectivity index (χ1n) is 3.94. The van der Waals surface area contributed by atoms with Crippen LogP contribution in [0, 0.1) is 3.70 Å². The van der Waals surface area contributed by atoms with Crippen molar-refractivity contribution in [3.63, 3.8) is 0 Å². The van der Waals surface area contributed by atoms with Gasteiger partial charge in [0.2, 0.25) is 5.75 Å². The molecule has 0 radical (unpaired) electrons. The fourth-order valence-electron chi connectivity index (χ4n) is 1.00. The summed E-state index contributed by atoms with van der Waals surface area (Å²) in [6, 6.07) is 0. The zero-order valence-electron chi connectivity index (χ0n) is 8.14. The van der Waals surface area contributed by atoms with E-state index >= 15 is 0 Å². The molecule has 0 aliphatic heterocycles. The molecule has 0 bridgehead atoms. The van der Waals surface area contributed by atoms with Gasteiger partial charge < -0.3 is 9.47 Å². The summed E-state index contributed by atoms with van der Waals surface area (Å²) in [7, 11) is 1.10. The number of hydrogen-bond donors (Lipinski definition) is 0. The molecule has 1 rings (SSSR count). The standard InChI is InChI=1S/C8H4ClF3INO3/c1-16-4-3(6(9)15)2-14-7(13)5(4)17-8(10,11)12/h2H,1H3. The van der Waals surface area contributed by atoms with E-state index in [2.05, 4.69) is 14.5 Å². The van der Waals surface area contributed by atoms with Crippen molar-refractivity contribution in [1.82, 2.24) is 4.98 Å². The van der Waals surface area contributed by atoms with Crippen molar-refractivity contribution in [2.75, 3.05) is 7.11 Å². The molecule has 1 aromatic heterocycles. The van der Waals surface area contributed by atoms with Crippen LogP contribution in [0.4, 0.5) is 13.2 Å². The van der Waals surface area contributed by atoms with Crippen molar-refractivity contribution < 1.29 is 27.4 Å². The zero-order chi connectivity index (χ0) is 13.2. The molecule has 0 saturated carbocycles. The molecule has 0 aliphatic carbocycles. The lowest BCUT2D eigenvalue weighted by molar-refractivity contribution is -0.275. The molecule has 1 heterocycles. The molecule has 0 N–H and O–H groups in total. The Kier molecular flexibility index (Phi) is 4.42. The number of aromatic nitrogens is 1. The monoisotopic (exact) mass is 381 g/mol. The van der Waals surface area contributed by atoms with Crippen molar-refractivity contribution >= 4 is 39.4 Å². The van der Waals surface area contributed by atoms with Gasteiger partial charge in [0, 0.05) is 6.20 Å². The quantitative estimate of drug-likeness (QED) is 0.459. The van der Waals surface area contributed by atoms with Crippen LogP contribution in [-0.2, 0) is 0 Å². The molecule has 0 aromatic carbocycles. The number of pyridine rings is 1. The zero-order valence-corrected chi connectivity index (χ0v) is 11.1.